The van der Waals surface area contributed by atoms with Crippen LogP contribution in [0.15, 0.2) is 47.5 Å². The first kappa shape index (κ1) is 16.3. The van der Waals surface area contributed by atoms with Crippen LogP contribution in [0.25, 0.3) is 0 Å². The van der Waals surface area contributed by atoms with E-state index in [2.05, 4.69) is 22.0 Å². The van der Waals surface area contributed by atoms with Crippen molar-refractivity contribution in [1.82, 2.24) is 0 Å². The third kappa shape index (κ3) is 3.86. The predicted octanol–water partition coefficient (Wildman–Crippen LogP) is 3.29. The van der Waals surface area contributed by atoms with Gasteiger partial charge in [0, 0.05) is 30.6 Å². The van der Waals surface area contributed by atoms with E-state index in [0.717, 1.165) is 49.1 Å². The molecule has 5 heteroatoms. The molecule has 0 amide bonds. The van der Waals surface area contributed by atoms with Gasteiger partial charge in [-0.1, -0.05) is 0 Å². The van der Waals surface area contributed by atoms with E-state index in [1.165, 1.54) is 5.69 Å². The normalized spacial score (nSPS) is 14.8. The fourth-order valence-electron chi connectivity index (χ4n) is 2.66. The number of anilines is 1. The Morgan fingerprint density at radius 2 is 1.75 bits per heavy atom. The van der Waals surface area contributed by atoms with Gasteiger partial charge in [-0.3, -0.25) is 4.99 Å². The molecule has 3 rings (SSSR count). The fraction of sp³-hybridized carbons (Fsp3) is 0.316. The number of ether oxygens (including phenoxy) is 3. The quantitative estimate of drug-likeness (QED) is 0.791. The van der Waals surface area contributed by atoms with Gasteiger partial charge in [-0.05, 0) is 42.5 Å². The number of morpholine rings is 1. The second-order valence-electron chi connectivity index (χ2n) is 5.48. The summed E-state index contributed by atoms with van der Waals surface area (Å²) in [6.45, 7) is 3.44. The molecule has 0 radical (unpaired) electrons. The molecule has 0 bridgehead atoms. The van der Waals surface area contributed by atoms with Crippen LogP contribution in [0.3, 0.4) is 0 Å². The Kier molecular flexibility index (Phi) is 5.33. The van der Waals surface area contributed by atoms with E-state index in [-0.39, 0.29) is 0 Å². The van der Waals surface area contributed by atoms with Crippen LogP contribution >= 0.6 is 0 Å². The summed E-state index contributed by atoms with van der Waals surface area (Å²) < 4.78 is 16.0. The van der Waals surface area contributed by atoms with Gasteiger partial charge in [-0.25, -0.2) is 0 Å². The Labute approximate surface area is 142 Å². The minimum atomic E-state index is 0.768. The van der Waals surface area contributed by atoms with Gasteiger partial charge in [-0.15, -0.1) is 0 Å². The van der Waals surface area contributed by atoms with Gasteiger partial charge in [0.2, 0.25) is 0 Å². The molecular weight excluding hydrogens is 304 g/mol. The van der Waals surface area contributed by atoms with Crippen LogP contribution in [0.2, 0.25) is 0 Å². The second-order valence-corrected chi connectivity index (χ2v) is 5.48. The van der Waals surface area contributed by atoms with Gasteiger partial charge in [0.05, 0.1) is 33.1 Å². The van der Waals surface area contributed by atoms with Crippen molar-refractivity contribution >= 4 is 17.6 Å². The highest BCUT2D eigenvalue weighted by Gasteiger charge is 2.10. The van der Waals surface area contributed by atoms with Crippen molar-refractivity contribution in [3.63, 3.8) is 0 Å². The number of rotatable bonds is 5. The Morgan fingerprint density at radius 3 is 2.42 bits per heavy atom. The van der Waals surface area contributed by atoms with Crippen LogP contribution in [-0.2, 0) is 4.74 Å². The largest absolute Gasteiger partial charge is 0.497 e. The summed E-state index contributed by atoms with van der Waals surface area (Å²) in [6, 6.07) is 13.9. The van der Waals surface area contributed by atoms with E-state index in [1.54, 1.807) is 20.4 Å². The molecule has 0 saturated carbocycles. The van der Waals surface area contributed by atoms with E-state index < -0.39 is 0 Å². The molecule has 2 aromatic rings. The summed E-state index contributed by atoms with van der Waals surface area (Å²) in [7, 11) is 3.30. The zero-order chi connectivity index (χ0) is 16.8. The van der Waals surface area contributed by atoms with Crippen LogP contribution in [0, 0.1) is 0 Å². The molecule has 0 aliphatic carbocycles. The Balaban J connectivity index is 1.74. The van der Waals surface area contributed by atoms with Gasteiger partial charge < -0.3 is 19.1 Å². The Bertz CT molecular complexity index is 692. The summed E-state index contributed by atoms with van der Waals surface area (Å²) in [6.07, 6.45) is 1.80. The third-order valence-electron chi connectivity index (χ3n) is 4.02. The highest BCUT2D eigenvalue weighted by atomic mass is 16.5. The molecule has 2 aromatic carbocycles. The molecule has 0 aromatic heterocycles. The summed E-state index contributed by atoms with van der Waals surface area (Å²) in [5, 5.41) is 0. The van der Waals surface area contributed by atoms with E-state index in [0.29, 0.717) is 0 Å². The fourth-order valence-corrected chi connectivity index (χ4v) is 2.66. The molecule has 126 valence electrons. The van der Waals surface area contributed by atoms with Crippen molar-refractivity contribution in [2.45, 2.75) is 0 Å². The van der Waals surface area contributed by atoms with Gasteiger partial charge in [0.1, 0.15) is 11.5 Å². The first-order valence-corrected chi connectivity index (χ1v) is 7.99. The topological polar surface area (TPSA) is 43.3 Å². The number of hydrogen-bond donors (Lipinski definition) is 0. The number of methoxy groups -OCH3 is 2. The minimum absolute atomic E-state index is 0.768. The van der Waals surface area contributed by atoms with Crippen LogP contribution < -0.4 is 14.4 Å². The summed E-state index contributed by atoms with van der Waals surface area (Å²) >= 11 is 0. The SMILES string of the molecule is COc1ccc(OC)c(C=Nc2ccc(N3CCOCC3)cc2)c1. The zero-order valence-corrected chi connectivity index (χ0v) is 14.1. The van der Waals surface area contributed by atoms with E-state index in [1.807, 2.05) is 30.3 Å². The molecule has 5 nitrogen and oxygen atoms in total. The van der Waals surface area contributed by atoms with Crippen molar-refractivity contribution in [2.75, 3.05) is 45.4 Å². The monoisotopic (exact) mass is 326 g/mol. The maximum atomic E-state index is 5.39. The smallest absolute Gasteiger partial charge is 0.127 e. The molecule has 0 atom stereocenters. The van der Waals surface area contributed by atoms with Crippen molar-refractivity contribution in [2.24, 2.45) is 4.99 Å². The third-order valence-corrected chi connectivity index (χ3v) is 4.02. The summed E-state index contributed by atoms with van der Waals surface area (Å²) in [5.74, 6) is 1.55. The molecular formula is C19H22N2O3. The van der Waals surface area contributed by atoms with Crippen molar-refractivity contribution < 1.29 is 14.2 Å². The van der Waals surface area contributed by atoms with Gasteiger partial charge in [0.25, 0.3) is 0 Å². The van der Waals surface area contributed by atoms with E-state index >= 15 is 0 Å². The van der Waals surface area contributed by atoms with E-state index in [4.69, 9.17) is 14.2 Å². The lowest BCUT2D eigenvalue weighted by atomic mass is 10.2. The van der Waals surface area contributed by atoms with Crippen LogP contribution in [0.1, 0.15) is 5.56 Å². The number of benzene rings is 2. The number of nitrogens with zero attached hydrogens (tertiary/aromatic N) is 2. The van der Waals surface area contributed by atoms with Crippen molar-refractivity contribution in [1.29, 1.82) is 0 Å². The molecule has 1 aliphatic heterocycles. The number of hydrogen-bond acceptors (Lipinski definition) is 5. The molecule has 1 saturated heterocycles. The average Bonchev–Trinajstić information content (AvgIpc) is 2.67. The first-order chi connectivity index (χ1) is 11.8. The maximum Gasteiger partial charge on any atom is 0.127 e. The first-order valence-electron chi connectivity index (χ1n) is 7.99. The lowest BCUT2D eigenvalue weighted by molar-refractivity contribution is 0.122. The highest BCUT2D eigenvalue weighted by Crippen LogP contribution is 2.24. The molecule has 0 spiro atoms. The standard InChI is InChI=1S/C19H22N2O3/c1-22-18-7-8-19(23-2)15(13-18)14-20-16-3-5-17(6-4-16)21-9-11-24-12-10-21/h3-8,13-14H,9-12H2,1-2H3. The summed E-state index contributed by atoms with van der Waals surface area (Å²) in [4.78, 5) is 6.86. The van der Waals surface area contributed by atoms with Crippen LogP contribution in [-0.4, -0.2) is 46.7 Å². The van der Waals surface area contributed by atoms with Crippen LogP contribution in [0.5, 0.6) is 11.5 Å². The lowest BCUT2D eigenvalue weighted by Crippen LogP contribution is -2.36. The lowest BCUT2D eigenvalue weighted by Gasteiger charge is -2.28. The van der Waals surface area contributed by atoms with Crippen molar-refractivity contribution in [3.05, 3.63) is 48.0 Å². The molecule has 1 aliphatic rings. The average molecular weight is 326 g/mol. The predicted molar refractivity (Wildman–Crippen MR) is 96.3 cm³/mol. The van der Waals surface area contributed by atoms with Gasteiger partial charge in [-0.2, -0.15) is 0 Å². The second kappa shape index (κ2) is 7.84. The van der Waals surface area contributed by atoms with Crippen LogP contribution in [0.4, 0.5) is 11.4 Å². The molecule has 24 heavy (non-hydrogen) atoms. The van der Waals surface area contributed by atoms with Crippen molar-refractivity contribution in [3.8, 4) is 11.5 Å². The van der Waals surface area contributed by atoms with E-state index in [9.17, 15) is 0 Å². The summed E-state index contributed by atoms with van der Waals surface area (Å²) in [5.41, 5.74) is 2.99. The maximum absolute atomic E-state index is 5.39. The Hall–Kier alpha value is -2.53. The molecule has 0 unspecified atom stereocenters. The molecule has 1 heterocycles. The Morgan fingerprint density at radius 1 is 1.00 bits per heavy atom. The molecule has 1 fully saturated rings. The van der Waals surface area contributed by atoms with Gasteiger partial charge >= 0.3 is 0 Å². The minimum Gasteiger partial charge on any atom is -0.497 e. The number of aliphatic imine (C=N–C) groups is 1. The highest BCUT2D eigenvalue weighted by molar-refractivity contribution is 5.86. The van der Waals surface area contributed by atoms with Gasteiger partial charge in [0.15, 0.2) is 0 Å². The zero-order valence-electron chi connectivity index (χ0n) is 14.1. The molecule has 0 N–H and O–H groups in total.